The first-order valence-electron chi connectivity index (χ1n) is 6.88. The highest BCUT2D eigenvalue weighted by Crippen LogP contribution is 2.40. The molecule has 0 radical (unpaired) electrons. The second kappa shape index (κ2) is 7.73. The molecule has 1 saturated heterocycles. The zero-order valence-corrected chi connectivity index (χ0v) is 13.1. The summed E-state index contributed by atoms with van der Waals surface area (Å²) in [5, 5.41) is 0.860. The SMILES string of the molecule is CCCC(C)(C)C(=O)CCCC[C@@H]1CCSS1. The van der Waals surface area contributed by atoms with E-state index in [9.17, 15) is 4.79 Å². The maximum Gasteiger partial charge on any atom is 0.138 e. The van der Waals surface area contributed by atoms with Crippen LogP contribution < -0.4 is 0 Å². The molecule has 0 aromatic heterocycles. The molecule has 0 amide bonds. The molecule has 0 saturated carbocycles. The van der Waals surface area contributed by atoms with Crippen LogP contribution in [0.25, 0.3) is 0 Å². The van der Waals surface area contributed by atoms with E-state index in [0.717, 1.165) is 30.9 Å². The van der Waals surface area contributed by atoms with Crippen molar-refractivity contribution < 1.29 is 4.79 Å². The summed E-state index contributed by atoms with van der Waals surface area (Å²) < 4.78 is 0. The monoisotopic (exact) mass is 274 g/mol. The van der Waals surface area contributed by atoms with E-state index in [1.807, 2.05) is 21.6 Å². The van der Waals surface area contributed by atoms with Gasteiger partial charge in [0.2, 0.25) is 0 Å². The summed E-state index contributed by atoms with van der Waals surface area (Å²) in [4.78, 5) is 12.0. The summed E-state index contributed by atoms with van der Waals surface area (Å²) in [7, 11) is 4.05. The Morgan fingerprint density at radius 2 is 2.12 bits per heavy atom. The molecule has 0 aromatic carbocycles. The Balaban J connectivity index is 2.10. The molecule has 0 spiro atoms. The predicted octanol–water partition coefficient (Wildman–Crippen LogP) is 5.10. The highest BCUT2D eigenvalue weighted by molar-refractivity contribution is 8.77. The molecule has 3 heteroatoms. The normalized spacial score (nSPS) is 20.8. The summed E-state index contributed by atoms with van der Waals surface area (Å²) in [6.45, 7) is 6.36. The van der Waals surface area contributed by atoms with Gasteiger partial charge in [0.15, 0.2) is 0 Å². The fraction of sp³-hybridized carbons (Fsp3) is 0.929. The Morgan fingerprint density at radius 3 is 2.71 bits per heavy atom. The lowest BCUT2D eigenvalue weighted by atomic mass is 9.81. The number of unbranched alkanes of at least 4 members (excludes halogenated alkanes) is 1. The molecule has 100 valence electrons. The number of carbonyl (C=O) groups is 1. The third-order valence-electron chi connectivity index (χ3n) is 3.54. The Morgan fingerprint density at radius 1 is 1.35 bits per heavy atom. The minimum absolute atomic E-state index is 0.0906. The van der Waals surface area contributed by atoms with Crippen LogP contribution in [0.4, 0.5) is 0 Å². The summed E-state index contributed by atoms with van der Waals surface area (Å²) >= 11 is 0. The van der Waals surface area contributed by atoms with Crippen LogP contribution in [-0.4, -0.2) is 16.8 Å². The molecule has 0 unspecified atom stereocenters. The lowest BCUT2D eigenvalue weighted by Gasteiger charge is -2.22. The summed E-state index contributed by atoms with van der Waals surface area (Å²) in [6.07, 6.45) is 7.91. The van der Waals surface area contributed by atoms with Gasteiger partial charge in [-0.1, -0.05) is 55.2 Å². The van der Waals surface area contributed by atoms with Crippen LogP contribution in [0, 0.1) is 5.41 Å². The molecule has 1 heterocycles. The van der Waals surface area contributed by atoms with Crippen LogP contribution in [0.1, 0.15) is 65.7 Å². The van der Waals surface area contributed by atoms with Crippen LogP contribution in [0.15, 0.2) is 0 Å². The topological polar surface area (TPSA) is 17.1 Å². The molecular weight excluding hydrogens is 248 g/mol. The third-order valence-corrected chi connectivity index (χ3v) is 6.54. The van der Waals surface area contributed by atoms with Crippen molar-refractivity contribution in [1.82, 2.24) is 0 Å². The molecule has 0 aromatic rings. The number of carbonyl (C=O) groups excluding carboxylic acids is 1. The van der Waals surface area contributed by atoms with E-state index in [1.165, 1.54) is 25.0 Å². The maximum absolute atomic E-state index is 12.0. The van der Waals surface area contributed by atoms with Gasteiger partial charge in [-0.25, -0.2) is 0 Å². The van der Waals surface area contributed by atoms with E-state index < -0.39 is 0 Å². The van der Waals surface area contributed by atoms with Gasteiger partial charge >= 0.3 is 0 Å². The number of Topliss-reactive ketones (excluding diaryl/α,β-unsaturated/α-hetero) is 1. The van der Waals surface area contributed by atoms with Crippen molar-refractivity contribution in [3.05, 3.63) is 0 Å². The Bertz CT molecular complexity index is 232. The largest absolute Gasteiger partial charge is 0.299 e. The van der Waals surface area contributed by atoms with E-state index in [2.05, 4.69) is 20.8 Å². The zero-order chi connectivity index (χ0) is 12.7. The van der Waals surface area contributed by atoms with E-state index in [4.69, 9.17) is 0 Å². The summed E-state index contributed by atoms with van der Waals surface area (Å²) in [5.41, 5.74) is -0.0906. The van der Waals surface area contributed by atoms with Crippen LogP contribution in [0.5, 0.6) is 0 Å². The predicted molar refractivity (Wildman–Crippen MR) is 80.6 cm³/mol. The first-order chi connectivity index (χ1) is 8.06. The summed E-state index contributed by atoms with van der Waals surface area (Å²) in [5.74, 6) is 1.78. The lowest BCUT2D eigenvalue weighted by Crippen LogP contribution is -2.23. The van der Waals surface area contributed by atoms with Gasteiger partial charge in [-0.05, 0) is 25.7 Å². The van der Waals surface area contributed by atoms with Crippen LogP contribution in [0.3, 0.4) is 0 Å². The third kappa shape index (κ3) is 5.69. The molecule has 1 nitrogen and oxygen atoms in total. The fourth-order valence-corrected chi connectivity index (χ4v) is 5.35. The maximum atomic E-state index is 12.0. The molecule has 1 fully saturated rings. The fourth-order valence-electron chi connectivity index (χ4n) is 2.32. The van der Waals surface area contributed by atoms with Crippen molar-refractivity contribution in [1.29, 1.82) is 0 Å². The smallest absolute Gasteiger partial charge is 0.138 e. The molecule has 1 aliphatic heterocycles. The van der Waals surface area contributed by atoms with Crippen LogP contribution in [-0.2, 0) is 4.79 Å². The molecule has 1 atom stereocenters. The second-order valence-electron chi connectivity index (χ2n) is 5.63. The Labute approximate surface area is 114 Å². The molecular formula is C14H26OS2. The highest BCUT2D eigenvalue weighted by Gasteiger charge is 2.25. The lowest BCUT2D eigenvalue weighted by molar-refractivity contribution is -0.127. The number of rotatable bonds is 8. The molecule has 1 aliphatic rings. The molecule has 17 heavy (non-hydrogen) atoms. The van der Waals surface area contributed by atoms with Crippen molar-refractivity contribution in [2.45, 2.75) is 71.0 Å². The van der Waals surface area contributed by atoms with Crippen molar-refractivity contribution in [2.75, 3.05) is 5.75 Å². The van der Waals surface area contributed by atoms with Crippen molar-refractivity contribution in [2.24, 2.45) is 5.41 Å². The van der Waals surface area contributed by atoms with E-state index in [1.54, 1.807) is 0 Å². The van der Waals surface area contributed by atoms with Crippen LogP contribution in [0.2, 0.25) is 0 Å². The zero-order valence-electron chi connectivity index (χ0n) is 11.5. The minimum Gasteiger partial charge on any atom is -0.299 e. The van der Waals surface area contributed by atoms with E-state index >= 15 is 0 Å². The van der Waals surface area contributed by atoms with Gasteiger partial charge in [0, 0.05) is 22.8 Å². The number of ketones is 1. The average Bonchev–Trinajstić information content (AvgIpc) is 2.76. The number of hydrogen-bond donors (Lipinski definition) is 0. The molecule has 0 N–H and O–H groups in total. The first kappa shape index (κ1) is 15.4. The van der Waals surface area contributed by atoms with Gasteiger partial charge in [-0.3, -0.25) is 4.79 Å². The second-order valence-corrected chi connectivity index (χ2v) is 8.42. The molecule has 0 aliphatic carbocycles. The van der Waals surface area contributed by atoms with Crippen molar-refractivity contribution >= 4 is 27.4 Å². The first-order valence-corrected chi connectivity index (χ1v) is 9.26. The van der Waals surface area contributed by atoms with Crippen molar-refractivity contribution in [3.8, 4) is 0 Å². The quantitative estimate of drug-likeness (QED) is 0.453. The van der Waals surface area contributed by atoms with E-state index in [0.29, 0.717) is 5.78 Å². The van der Waals surface area contributed by atoms with E-state index in [-0.39, 0.29) is 5.41 Å². The van der Waals surface area contributed by atoms with Gasteiger partial charge in [-0.15, -0.1) is 0 Å². The highest BCUT2D eigenvalue weighted by atomic mass is 33.1. The number of hydrogen-bond acceptors (Lipinski definition) is 3. The van der Waals surface area contributed by atoms with Crippen molar-refractivity contribution in [3.63, 3.8) is 0 Å². The van der Waals surface area contributed by atoms with Gasteiger partial charge < -0.3 is 0 Å². The van der Waals surface area contributed by atoms with Gasteiger partial charge in [0.05, 0.1) is 0 Å². The summed E-state index contributed by atoms with van der Waals surface area (Å²) in [6, 6.07) is 0. The van der Waals surface area contributed by atoms with Gasteiger partial charge in [0.25, 0.3) is 0 Å². The van der Waals surface area contributed by atoms with Gasteiger partial charge in [-0.2, -0.15) is 0 Å². The Hall–Kier alpha value is 0.370. The molecule has 1 rings (SSSR count). The van der Waals surface area contributed by atoms with Gasteiger partial charge in [0.1, 0.15) is 5.78 Å². The average molecular weight is 274 g/mol. The minimum atomic E-state index is -0.0906. The molecule has 0 bridgehead atoms. The Kier molecular flexibility index (Phi) is 7.01. The standard InChI is InChI=1S/C14H26OS2/c1-4-10-14(2,3)13(15)8-6-5-7-12-9-11-16-17-12/h12H,4-11H2,1-3H3/t12-/m1/s1. The van der Waals surface area contributed by atoms with Crippen LogP contribution >= 0.6 is 21.6 Å².